The number of amides is 2. The van der Waals surface area contributed by atoms with Crippen LogP contribution in [0.4, 0.5) is 0 Å². The van der Waals surface area contributed by atoms with Gasteiger partial charge in [-0.25, -0.2) is 0 Å². The molecule has 5 rings (SSSR count). The van der Waals surface area contributed by atoms with Crippen LogP contribution in [0.15, 0.2) is 35.4 Å². The summed E-state index contributed by atoms with van der Waals surface area (Å²) in [6.45, 7) is 4.54. The van der Waals surface area contributed by atoms with Gasteiger partial charge in [0.15, 0.2) is 0 Å². The minimum atomic E-state index is -0.0597. The summed E-state index contributed by atoms with van der Waals surface area (Å²) >= 11 is 6.85. The number of nitrogens with zero attached hydrogens (tertiary/aromatic N) is 3. The van der Waals surface area contributed by atoms with Crippen LogP contribution in [0.5, 0.6) is 0 Å². The predicted molar refractivity (Wildman–Crippen MR) is 136 cm³/mol. The van der Waals surface area contributed by atoms with E-state index in [4.69, 9.17) is 17.0 Å². The van der Waals surface area contributed by atoms with Crippen molar-refractivity contribution in [2.75, 3.05) is 19.7 Å². The molecule has 1 aromatic carbocycles. The molecule has 0 bridgehead atoms. The Morgan fingerprint density at radius 3 is 2.88 bits per heavy atom. The maximum atomic E-state index is 13.1. The van der Waals surface area contributed by atoms with Gasteiger partial charge in [-0.1, -0.05) is 42.2 Å². The standard InChI is InChI=1S/C25H29N3O3S2/c1-17-7-4-5-11-27(17)23(29)16-26-14-18(20-9-2-3-10-21(20)26)13-22-24(30)28(25(32)33-22)15-19-8-6-12-31-19/h2-3,9-10,13-14,17,19H,4-8,11-12,15-16H2,1H3/b22-13-/t17-,19+/m1/s1. The van der Waals surface area contributed by atoms with Crippen molar-refractivity contribution in [3.8, 4) is 0 Å². The molecule has 3 fully saturated rings. The molecule has 0 saturated carbocycles. The number of benzene rings is 1. The number of thioether (sulfide) groups is 1. The Bertz CT molecular complexity index is 1120. The van der Waals surface area contributed by atoms with E-state index < -0.39 is 0 Å². The Morgan fingerprint density at radius 2 is 2.09 bits per heavy atom. The Hall–Kier alpha value is -2.16. The van der Waals surface area contributed by atoms with Crippen LogP contribution in [0.3, 0.4) is 0 Å². The second-order valence-corrected chi connectivity index (χ2v) is 10.8. The summed E-state index contributed by atoms with van der Waals surface area (Å²) in [7, 11) is 0. The summed E-state index contributed by atoms with van der Waals surface area (Å²) in [6, 6.07) is 8.33. The van der Waals surface area contributed by atoms with Crippen LogP contribution in [-0.4, -0.2) is 62.3 Å². The molecule has 0 radical (unpaired) electrons. The van der Waals surface area contributed by atoms with Gasteiger partial charge in [0.05, 0.1) is 17.6 Å². The molecule has 2 atom stereocenters. The molecule has 4 heterocycles. The van der Waals surface area contributed by atoms with E-state index in [0.29, 0.717) is 22.3 Å². The average molecular weight is 484 g/mol. The first-order valence-corrected chi connectivity index (χ1v) is 13.0. The van der Waals surface area contributed by atoms with Gasteiger partial charge in [-0.15, -0.1) is 0 Å². The molecule has 6 nitrogen and oxygen atoms in total. The molecule has 8 heteroatoms. The van der Waals surface area contributed by atoms with E-state index >= 15 is 0 Å². The first-order valence-electron chi connectivity index (χ1n) is 11.8. The molecule has 1 aromatic heterocycles. The normalized spacial score (nSPS) is 25.1. The number of hydrogen-bond donors (Lipinski definition) is 0. The van der Waals surface area contributed by atoms with Gasteiger partial charge in [0.25, 0.3) is 5.91 Å². The van der Waals surface area contributed by atoms with E-state index in [9.17, 15) is 9.59 Å². The van der Waals surface area contributed by atoms with Crippen molar-refractivity contribution in [2.24, 2.45) is 0 Å². The van der Waals surface area contributed by atoms with Crippen LogP contribution < -0.4 is 0 Å². The fraction of sp³-hybridized carbons (Fsp3) is 0.480. The lowest BCUT2D eigenvalue weighted by atomic mass is 10.0. The molecule has 0 N–H and O–H groups in total. The quantitative estimate of drug-likeness (QED) is 0.465. The number of piperidine rings is 1. The summed E-state index contributed by atoms with van der Waals surface area (Å²) < 4.78 is 8.29. The van der Waals surface area contributed by atoms with Gasteiger partial charge < -0.3 is 14.2 Å². The topological polar surface area (TPSA) is 54.8 Å². The molecule has 3 aliphatic heterocycles. The highest BCUT2D eigenvalue weighted by Crippen LogP contribution is 2.35. The minimum absolute atomic E-state index is 0.0597. The van der Waals surface area contributed by atoms with Gasteiger partial charge in [0.1, 0.15) is 10.9 Å². The van der Waals surface area contributed by atoms with Crippen molar-refractivity contribution >= 4 is 57.1 Å². The first kappa shape index (κ1) is 22.6. The molecule has 2 amide bonds. The number of aromatic nitrogens is 1. The van der Waals surface area contributed by atoms with Crippen molar-refractivity contribution < 1.29 is 14.3 Å². The van der Waals surface area contributed by atoms with Gasteiger partial charge in [-0.3, -0.25) is 14.5 Å². The van der Waals surface area contributed by atoms with Crippen LogP contribution in [0.2, 0.25) is 0 Å². The zero-order valence-electron chi connectivity index (χ0n) is 18.9. The first-order chi connectivity index (χ1) is 16.0. The van der Waals surface area contributed by atoms with Gasteiger partial charge in [-0.05, 0) is 51.2 Å². The highest BCUT2D eigenvalue weighted by Gasteiger charge is 2.35. The number of thiocarbonyl (C=S) groups is 1. The lowest BCUT2D eigenvalue weighted by Crippen LogP contribution is -2.43. The molecular weight excluding hydrogens is 454 g/mol. The van der Waals surface area contributed by atoms with Crippen molar-refractivity contribution in [1.29, 1.82) is 0 Å². The molecule has 2 aromatic rings. The van der Waals surface area contributed by atoms with E-state index in [0.717, 1.165) is 55.3 Å². The van der Waals surface area contributed by atoms with E-state index in [1.165, 1.54) is 18.2 Å². The summed E-state index contributed by atoms with van der Waals surface area (Å²) in [5.74, 6) is 0.0907. The number of carbonyl (C=O) groups is 2. The van der Waals surface area contributed by atoms with Crippen LogP contribution in [0.25, 0.3) is 17.0 Å². The van der Waals surface area contributed by atoms with Crippen molar-refractivity contribution in [1.82, 2.24) is 14.4 Å². The lowest BCUT2D eigenvalue weighted by Gasteiger charge is -2.33. The van der Waals surface area contributed by atoms with E-state index in [1.54, 1.807) is 4.90 Å². The molecule has 174 valence electrons. The number of para-hydroxylation sites is 1. The van der Waals surface area contributed by atoms with E-state index in [1.807, 2.05) is 46.0 Å². The third-order valence-corrected chi connectivity index (χ3v) is 8.20. The highest BCUT2D eigenvalue weighted by molar-refractivity contribution is 8.26. The number of fused-ring (bicyclic) bond motifs is 1. The number of hydrogen-bond acceptors (Lipinski definition) is 5. The number of likely N-dealkylation sites (tertiary alicyclic amines) is 1. The zero-order chi connectivity index (χ0) is 22.9. The van der Waals surface area contributed by atoms with Crippen molar-refractivity contribution in [3.63, 3.8) is 0 Å². The van der Waals surface area contributed by atoms with Crippen LogP contribution >= 0.6 is 24.0 Å². The number of carbonyl (C=O) groups excluding carboxylic acids is 2. The van der Waals surface area contributed by atoms with Gasteiger partial charge >= 0.3 is 0 Å². The summed E-state index contributed by atoms with van der Waals surface area (Å²) in [5, 5.41) is 1.03. The second-order valence-electron chi connectivity index (χ2n) is 9.09. The summed E-state index contributed by atoms with van der Waals surface area (Å²) in [6.07, 6.45) is 9.30. The lowest BCUT2D eigenvalue weighted by molar-refractivity contribution is -0.135. The Labute approximate surface area is 203 Å². The number of ether oxygens (including phenoxy) is 1. The molecule has 33 heavy (non-hydrogen) atoms. The molecule has 0 unspecified atom stereocenters. The number of rotatable bonds is 5. The van der Waals surface area contributed by atoms with E-state index in [-0.39, 0.29) is 24.0 Å². The smallest absolute Gasteiger partial charge is 0.266 e. The summed E-state index contributed by atoms with van der Waals surface area (Å²) in [5.41, 5.74) is 1.93. The predicted octanol–water partition coefficient (Wildman–Crippen LogP) is 4.42. The van der Waals surface area contributed by atoms with Gasteiger partial charge in [0, 0.05) is 41.9 Å². The van der Waals surface area contributed by atoms with Gasteiger partial charge in [-0.2, -0.15) is 0 Å². The third kappa shape index (κ3) is 4.61. The van der Waals surface area contributed by atoms with Gasteiger partial charge in [0.2, 0.25) is 5.91 Å². The molecular formula is C25H29N3O3S2. The van der Waals surface area contributed by atoms with Crippen LogP contribution in [0, 0.1) is 0 Å². The Balaban J connectivity index is 1.40. The SMILES string of the molecule is C[C@@H]1CCCCN1C(=O)Cn1cc(/C=C2\SC(=S)N(C[C@@H]3CCCO3)C2=O)c2ccccc21. The molecule has 3 saturated heterocycles. The fourth-order valence-electron chi connectivity index (χ4n) is 5.02. The molecule has 0 aliphatic carbocycles. The highest BCUT2D eigenvalue weighted by atomic mass is 32.2. The van der Waals surface area contributed by atoms with Crippen LogP contribution in [-0.2, 0) is 20.9 Å². The fourth-order valence-corrected chi connectivity index (χ4v) is 6.28. The minimum Gasteiger partial charge on any atom is -0.376 e. The maximum Gasteiger partial charge on any atom is 0.266 e. The van der Waals surface area contributed by atoms with E-state index in [2.05, 4.69) is 6.92 Å². The maximum absolute atomic E-state index is 13.1. The Kier molecular flexibility index (Phi) is 6.58. The monoisotopic (exact) mass is 483 g/mol. The summed E-state index contributed by atoms with van der Waals surface area (Å²) in [4.78, 5) is 30.5. The third-order valence-electron chi connectivity index (χ3n) is 6.82. The molecule has 3 aliphatic rings. The molecule has 0 spiro atoms. The Morgan fingerprint density at radius 1 is 1.24 bits per heavy atom. The average Bonchev–Trinajstić information content (AvgIpc) is 3.51. The zero-order valence-corrected chi connectivity index (χ0v) is 20.5. The van der Waals surface area contributed by atoms with Crippen molar-refractivity contribution in [2.45, 2.75) is 57.7 Å². The van der Waals surface area contributed by atoms with Crippen molar-refractivity contribution in [3.05, 3.63) is 40.9 Å². The second kappa shape index (κ2) is 9.60. The largest absolute Gasteiger partial charge is 0.376 e. The van der Waals surface area contributed by atoms with Crippen LogP contribution in [0.1, 0.15) is 44.6 Å².